The molecule has 14 heavy (non-hydrogen) atoms. The molecular formula is C12H22N2. The van der Waals surface area contributed by atoms with Gasteiger partial charge in [0.05, 0.1) is 5.69 Å². The van der Waals surface area contributed by atoms with Crippen LogP contribution < -0.4 is 0 Å². The zero-order valence-corrected chi connectivity index (χ0v) is 9.66. The van der Waals surface area contributed by atoms with Crippen LogP contribution in [0.5, 0.6) is 0 Å². The third kappa shape index (κ3) is 9.17. The predicted octanol–water partition coefficient (Wildman–Crippen LogP) is 3.76. The molecule has 0 N–H and O–H groups in total. The van der Waals surface area contributed by atoms with Gasteiger partial charge in [0.1, 0.15) is 0 Å². The number of aromatic nitrogens is 2. The fraction of sp³-hybridized carbons (Fsp3) is 0.667. The average molecular weight is 194 g/mol. The molecule has 1 aromatic heterocycles. The van der Waals surface area contributed by atoms with Gasteiger partial charge in [-0.3, -0.25) is 0 Å². The Morgan fingerprint density at radius 2 is 1.71 bits per heavy atom. The number of aryl methyl sites for hydroxylation is 1. The molecule has 0 saturated heterocycles. The van der Waals surface area contributed by atoms with E-state index in [1.165, 1.54) is 32.1 Å². The Kier molecular flexibility index (Phi) is 9.49. The monoisotopic (exact) mass is 194 g/mol. The lowest BCUT2D eigenvalue weighted by Crippen LogP contribution is -1.79. The van der Waals surface area contributed by atoms with Crippen molar-refractivity contribution in [3.8, 4) is 0 Å². The minimum absolute atomic E-state index is 0.961. The molecule has 0 aromatic carbocycles. The second-order valence-corrected chi connectivity index (χ2v) is 3.43. The fourth-order valence-corrected chi connectivity index (χ4v) is 1.06. The van der Waals surface area contributed by atoms with Crippen molar-refractivity contribution in [2.75, 3.05) is 0 Å². The third-order valence-electron chi connectivity index (χ3n) is 1.91. The lowest BCUT2D eigenvalue weighted by atomic mass is 10.2. The van der Waals surface area contributed by atoms with Gasteiger partial charge in [0.15, 0.2) is 0 Å². The molecule has 0 fully saturated rings. The fourth-order valence-electron chi connectivity index (χ4n) is 1.06. The summed E-state index contributed by atoms with van der Waals surface area (Å²) in [5.41, 5.74) is 0.961. The molecule has 2 nitrogen and oxygen atoms in total. The Balaban J connectivity index is 0.000000241. The second kappa shape index (κ2) is 10.2. The minimum Gasteiger partial charge on any atom is -0.159 e. The quantitative estimate of drug-likeness (QED) is 0.682. The first kappa shape index (κ1) is 13.1. The smallest absolute Gasteiger partial charge is 0.0600 e. The van der Waals surface area contributed by atoms with E-state index < -0.39 is 0 Å². The minimum atomic E-state index is 0.961. The Morgan fingerprint density at radius 3 is 2.00 bits per heavy atom. The van der Waals surface area contributed by atoms with Gasteiger partial charge in [0.2, 0.25) is 0 Å². The Bertz CT molecular complexity index is 193. The standard InChI is InChI=1S/C7H16.C5H6N2/c1-3-5-7-6-4-2;1-5-3-2-4-6-7-5/h3-7H2,1-2H3;2-4H,1H3. The Labute approximate surface area is 87.8 Å². The first-order valence-corrected chi connectivity index (χ1v) is 5.55. The SMILES string of the molecule is CCCCCCC.Cc1cccnn1. The van der Waals surface area contributed by atoms with Crippen LogP contribution in [0.2, 0.25) is 0 Å². The van der Waals surface area contributed by atoms with Crippen LogP contribution >= 0.6 is 0 Å². The predicted molar refractivity (Wildman–Crippen MR) is 61.2 cm³/mol. The van der Waals surface area contributed by atoms with E-state index in [1.807, 2.05) is 19.1 Å². The third-order valence-corrected chi connectivity index (χ3v) is 1.91. The molecule has 2 heteroatoms. The number of nitrogens with zero attached hydrogens (tertiary/aromatic N) is 2. The van der Waals surface area contributed by atoms with E-state index in [1.54, 1.807) is 6.20 Å². The molecule has 0 saturated carbocycles. The number of hydrogen-bond donors (Lipinski definition) is 0. The molecule has 0 radical (unpaired) electrons. The van der Waals surface area contributed by atoms with E-state index in [4.69, 9.17) is 0 Å². The highest BCUT2D eigenvalue weighted by Crippen LogP contribution is 2.00. The maximum atomic E-state index is 3.73. The molecule has 0 bridgehead atoms. The maximum Gasteiger partial charge on any atom is 0.0600 e. The van der Waals surface area contributed by atoms with Crippen molar-refractivity contribution in [1.82, 2.24) is 10.2 Å². The van der Waals surface area contributed by atoms with Crippen LogP contribution in [0.3, 0.4) is 0 Å². The van der Waals surface area contributed by atoms with E-state index >= 15 is 0 Å². The van der Waals surface area contributed by atoms with Gasteiger partial charge < -0.3 is 0 Å². The van der Waals surface area contributed by atoms with E-state index in [9.17, 15) is 0 Å². The molecule has 1 aromatic rings. The molecule has 1 heterocycles. The van der Waals surface area contributed by atoms with Gasteiger partial charge in [-0.15, -0.1) is 0 Å². The summed E-state index contributed by atoms with van der Waals surface area (Å²) in [5.74, 6) is 0. The van der Waals surface area contributed by atoms with Gasteiger partial charge >= 0.3 is 0 Å². The normalized spacial score (nSPS) is 9.07. The van der Waals surface area contributed by atoms with E-state index in [0.29, 0.717) is 0 Å². The van der Waals surface area contributed by atoms with Crippen molar-refractivity contribution in [2.45, 2.75) is 52.9 Å². The molecule has 0 aliphatic heterocycles. The van der Waals surface area contributed by atoms with Crippen molar-refractivity contribution in [1.29, 1.82) is 0 Å². The zero-order chi connectivity index (χ0) is 10.6. The summed E-state index contributed by atoms with van der Waals surface area (Å²) in [6.07, 6.45) is 8.67. The summed E-state index contributed by atoms with van der Waals surface area (Å²) in [7, 11) is 0. The number of hydrogen-bond acceptors (Lipinski definition) is 2. The van der Waals surface area contributed by atoms with Gasteiger partial charge in [-0.2, -0.15) is 10.2 Å². The first-order valence-electron chi connectivity index (χ1n) is 5.55. The summed E-state index contributed by atoms with van der Waals surface area (Å²) >= 11 is 0. The molecule has 0 aliphatic carbocycles. The van der Waals surface area contributed by atoms with Crippen molar-refractivity contribution in [2.24, 2.45) is 0 Å². The summed E-state index contributed by atoms with van der Waals surface area (Å²) in [6.45, 7) is 6.40. The average Bonchev–Trinajstić information content (AvgIpc) is 2.21. The van der Waals surface area contributed by atoms with E-state index in [2.05, 4.69) is 24.0 Å². The van der Waals surface area contributed by atoms with E-state index in [0.717, 1.165) is 5.69 Å². The van der Waals surface area contributed by atoms with Crippen LogP contribution in [0.25, 0.3) is 0 Å². The van der Waals surface area contributed by atoms with Crippen LogP contribution in [-0.4, -0.2) is 10.2 Å². The highest BCUT2D eigenvalue weighted by Gasteiger charge is 1.80. The summed E-state index contributed by atoms with van der Waals surface area (Å²) in [5, 5.41) is 7.36. The first-order chi connectivity index (χ1) is 6.81. The van der Waals surface area contributed by atoms with Crippen LogP contribution in [0.1, 0.15) is 51.6 Å². The molecule has 0 atom stereocenters. The van der Waals surface area contributed by atoms with Gasteiger partial charge in [0.25, 0.3) is 0 Å². The Morgan fingerprint density at radius 1 is 1.07 bits per heavy atom. The molecule has 80 valence electrons. The topological polar surface area (TPSA) is 25.8 Å². The van der Waals surface area contributed by atoms with Gasteiger partial charge in [-0.25, -0.2) is 0 Å². The number of rotatable bonds is 4. The molecule has 1 rings (SSSR count). The molecule has 0 amide bonds. The second-order valence-electron chi connectivity index (χ2n) is 3.43. The summed E-state index contributed by atoms with van der Waals surface area (Å²) in [6, 6.07) is 3.77. The molecular weight excluding hydrogens is 172 g/mol. The van der Waals surface area contributed by atoms with Crippen molar-refractivity contribution < 1.29 is 0 Å². The lowest BCUT2D eigenvalue weighted by molar-refractivity contribution is 0.656. The number of unbranched alkanes of at least 4 members (excludes halogenated alkanes) is 4. The lowest BCUT2D eigenvalue weighted by Gasteiger charge is -1.90. The van der Waals surface area contributed by atoms with Crippen molar-refractivity contribution in [3.05, 3.63) is 24.0 Å². The van der Waals surface area contributed by atoms with Gasteiger partial charge in [-0.1, -0.05) is 46.0 Å². The maximum absolute atomic E-state index is 3.73. The van der Waals surface area contributed by atoms with Crippen LogP contribution in [0, 0.1) is 6.92 Å². The van der Waals surface area contributed by atoms with Crippen molar-refractivity contribution >= 4 is 0 Å². The van der Waals surface area contributed by atoms with Crippen molar-refractivity contribution in [3.63, 3.8) is 0 Å². The molecule has 0 aliphatic rings. The van der Waals surface area contributed by atoms with Gasteiger partial charge in [0, 0.05) is 6.20 Å². The van der Waals surface area contributed by atoms with Crippen LogP contribution in [0.4, 0.5) is 0 Å². The zero-order valence-electron chi connectivity index (χ0n) is 9.66. The molecule has 0 spiro atoms. The molecule has 0 unspecified atom stereocenters. The largest absolute Gasteiger partial charge is 0.159 e. The summed E-state index contributed by atoms with van der Waals surface area (Å²) in [4.78, 5) is 0. The van der Waals surface area contributed by atoms with E-state index in [-0.39, 0.29) is 0 Å². The highest BCUT2D eigenvalue weighted by molar-refractivity contribution is 4.94. The van der Waals surface area contributed by atoms with Gasteiger partial charge in [-0.05, 0) is 19.1 Å². The Hall–Kier alpha value is -0.920. The van der Waals surface area contributed by atoms with Crippen LogP contribution in [-0.2, 0) is 0 Å². The summed E-state index contributed by atoms with van der Waals surface area (Å²) < 4.78 is 0. The highest BCUT2D eigenvalue weighted by atomic mass is 15.1. The van der Waals surface area contributed by atoms with Crippen LogP contribution in [0.15, 0.2) is 18.3 Å².